The summed E-state index contributed by atoms with van der Waals surface area (Å²) >= 11 is 0. The molecule has 1 aliphatic heterocycles. The Morgan fingerprint density at radius 3 is 2.53 bits per heavy atom. The maximum atomic E-state index is 11.3. The molecule has 0 aliphatic carbocycles. The number of nitrogens with zero attached hydrogens (tertiary/aromatic N) is 1. The molecule has 0 spiro atoms. The van der Waals surface area contributed by atoms with E-state index in [1.54, 1.807) is 0 Å². The molecule has 3 nitrogen and oxygen atoms in total. The van der Waals surface area contributed by atoms with Gasteiger partial charge in [-0.15, -0.1) is 0 Å². The lowest BCUT2D eigenvalue weighted by Gasteiger charge is -2.30. The predicted molar refractivity (Wildman–Crippen MR) is 66.8 cm³/mol. The van der Waals surface area contributed by atoms with Crippen molar-refractivity contribution in [3.63, 3.8) is 0 Å². The van der Waals surface area contributed by atoms with Gasteiger partial charge in [-0.3, -0.25) is 9.69 Å². The molecule has 17 heavy (non-hydrogen) atoms. The highest BCUT2D eigenvalue weighted by Gasteiger charge is 2.40. The highest BCUT2D eigenvalue weighted by molar-refractivity contribution is 5.71. The Bertz CT molecular complexity index is 388. The Kier molecular flexibility index (Phi) is 3.48. The molecule has 0 aromatic heterocycles. The molecule has 1 saturated heterocycles. The molecule has 0 radical (unpaired) electrons. The summed E-state index contributed by atoms with van der Waals surface area (Å²) in [6.07, 6.45) is 0.743. The van der Waals surface area contributed by atoms with E-state index in [1.807, 2.05) is 30.3 Å². The van der Waals surface area contributed by atoms with Crippen molar-refractivity contribution >= 4 is 5.97 Å². The second kappa shape index (κ2) is 4.88. The van der Waals surface area contributed by atoms with Gasteiger partial charge in [-0.1, -0.05) is 30.3 Å². The zero-order valence-electron chi connectivity index (χ0n) is 10.3. The van der Waals surface area contributed by atoms with E-state index in [0.717, 1.165) is 18.5 Å². The van der Waals surface area contributed by atoms with Crippen LogP contribution in [0.1, 0.15) is 31.9 Å². The van der Waals surface area contributed by atoms with Crippen molar-refractivity contribution in [2.75, 3.05) is 6.54 Å². The van der Waals surface area contributed by atoms with Crippen LogP contribution in [-0.4, -0.2) is 28.6 Å². The molecule has 1 N–H and O–H groups in total. The van der Waals surface area contributed by atoms with Gasteiger partial charge in [0.1, 0.15) is 0 Å². The summed E-state index contributed by atoms with van der Waals surface area (Å²) in [5, 5.41) is 9.32. The van der Waals surface area contributed by atoms with Crippen molar-refractivity contribution in [3.8, 4) is 0 Å². The van der Waals surface area contributed by atoms with Gasteiger partial charge in [0.15, 0.2) is 0 Å². The third-order valence-corrected chi connectivity index (χ3v) is 3.56. The van der Waals surface area contributed by atoms with Gasteiger partial charge in [0.2, 0.25) is 0 Å². The first-order chi connectivity index (χ1) is 8.11. The number of hydrogen-bond donors (Lipinski definition) is 1. The number of carboxylic acids is 1. The molecule has 1 heterocycles. The average Bonchev–Trinajstić information content (AvgIpc) is 2.74. The van der Waals surface area contributed by atoms with Crippen LogP contribution in [0, 0.1) is 5.92 Å². The van der Waals surface area contributed by atoms with E-state index in [1.165, 1.54) is 0 Å². The van der Waals surface area contributed by atoms with Crippen LogP contribution in [0.3, 0.4) is 0 Å². The molecular formula is C14H19NO2. The van der Waals surface area contributed by atoms with E-state index in [9.17, 15) is 9.90 Å². The molecule has 0 unspecified atom stereocenters. The number of carbonyl (C=O) groups is 1. The fraction of sp³-hybridized carbons (Fsp3) is 0.500. The summed E-state index contributed by atoms with van der Waals surface area (Å²) in [5.41, 5.74) is 1.12. The number of carboxylic acid groups (broad SMARTS) is 1. The lowest BCUT2D eigenvalue weighted by atomic mass is 9.93. The molecule has 0 bridgehead atoms. The zero-order chi connectivity index (χ0) is 12.4. The number of hydrogen-bond acceptors (Lipinski definition) is 2. The fourth-order valence-corrected chi connectivity index (χ4v) is 2.73. The number of aliphatic carboxylic acids is 1. The van der Waals surface area contributed by atoms with E-state index in [4.69, 9.17) is 0 Å². The van der Waals surface area contributed by atoms with E-state index in [2.05, 4.69) is 18.7 Å². The summed E-state index contributed by atoms with van der Waals surface area (Å²) in [7, 11) is 0. The van der Waals surface area contributed by atoms with Crippen molar-refractivity contribution in [3.05, 3.63) is 35.9 Å². The van der Waals surface area contributed by atoms with Crippen LogP contribution in [0.2, 0.25) is 0 Å². The Balaban J connectivity index is 2.33. The van der Waals surface area contributed by atoms with Crippen LogP contribution in [0.15, 0.2) is 30.3 Å². The fourth-order valence-electron chi connectivity index (χ4n) is 2.73. The normalized spacial score (nSPS) is 25.4. The Hall–Kier alpha value is -1.35. The molecule has 2 atom stereocenters. The average molecular weight is 233 g/mol. The first kappa shape index (κ1) is 12.1. The standard InChI is InChI=1S/C14H19NO2/c1-10(2)15-9-8-12(14(16)17)13(15)11-6-4-3-5-7-11/h3-7,10,12-13H,8-9H2,1-2H3,(H,16,17)/t12-,13+/m0/s1. The molecule has 0 saturated carbocycles. The van der Waals surface area contributed by atoms with Crippen LogP contribution in [0.5, 0.6) is 0 Å². The van der Waals surface area contributed by atoms with Crippen LogP contribution in [0.4, 0.5) is 0 Å². The number of rotatable bonds is 3. The quantitative estimate of drug-likeness (QED) is 0.872. The Morgan fingerprint density at radius 1 is 1.35 bits per heavy atom. The van der Waals surface area contributed by atoms with Crippen molar-refractivity contribution in [2.24, 2.45) is 5.92 Å². The van der Waals surface area contributed by atoms with Gasteiger partial charge >= 0.3 is 5.97 Å². The van der Waals surface area contributed by atoms with E-state index in [0.29, 0.717) is 6.04 Å². The number of likely N-dealkylation sites (tertiary alicyclic amines) is 1. The predicted octanol–water partition coefficient (Wildman–Crippen LogP) is 2.54. The SMILES string of the molecule is CC(C)N1CC[C@H](C(=O)O)[C@H]1c1ccccc1. The lowest BCUT2D eigenvalue weighted by molar-refractivity contribution is -0.142. The Labute approximate surface area is 102 Å². The van der Waals surface area contributed by atoms with Crippen LogP contribution < -0.4 is 0 Å². The van der Waals surface area contributed by atoms with Gasteiger partial charge in [-0.25, -0.2) is 0 Å². The van der Waals surface area contributed by atoms with Crippen LogP contribution >= 0.6 is 0 Å². The van der Waals surface area contributed by atoms with Crippen LogP contribution in [0.25, 0.3) is 0 Å². The third-order valence-electron chi connectivity index (χ3n) is 3.56. The largest absolute Gasteiger partial charge is 0.481 e. The summed E-state index contributed by atoms with van der Waals surface area (Å²) in [4.78, 5) is 13.6. The minimum atomic E-state index is -0.679. The molecule has 0 amide bonds. The molecule has 1 fully saturated rings. The highest BCUT2D eigenvalue weighted by atomic mass is 16.4. The lowest BCUT2D eigenvalue weighted by Crippen LogP contribution is -2.33. The maximum absolute atomic E-state index is 11.3. The molecular weight excluding hydrogens is 214 g/mol. The third kappa shape index (κ3) is 2.34. The van der Waals surface area contributed by atoms with Gasteiger partial charge in [-0.2, -0.15) is 0 Å². The molecule has 1 aromatic carbocycles. The number of benzene rings is 1. The molecule has 1 aromatic rings. The molecule has 92 valence electrons. The highest BCUT2D eigenvalue weighted by Crippen LogP contribution is 2.38. The topological polar surface area (TPSA) is 40.5 Å². The molecule has 1 aliphatic rings. The summed E-state index contributed by atoms with van der Waals surface area (Å²) in [6, 6.07) is 10.4. The Morgan fingerprint density at radius 2 is 2.00 bits per heavy atom. The van der Waals surface area contributed by atoms with Gasteiger partial charge in [0.05, 0.1) is 5.92 Å². The smallest absolute Gasteiger partial charge is 0.308 e. The molecule has 2 rings (SSSR count). The van der Waals surface area contributed by atoms with Crippen molar-refractivity contribution < 1.29 is 9.90 Å². The zero-order valence-corrected chi connectivity index (χ0v) is 10.3. The van der Waals surface area contributed by atoms with Gasteiger partial charge < -0.3 is 5.11 Å². The summed E-state index contributed by atoms with van der Waals surface area (Å²) < 4.78 is 0. The minimum Gasteiger partial charge on any atom is -0.481 e. The minimum absolute atomic E-state index is 0.0219. The first-order valence-electron chi connectivity index (χ1n) is 6.14. The van der Waals surface area contributed by atoms with Gasteiger partial charge in [0, 0.05) is 12.1 Å². The second-order valence-electron chi connectivity index (χ2n) is 4.92. The summed E-state index contributed by atoms with van der Waals surface area (Å²) in [6.45, 7) is 5.12. The second-order valence-corrected chi connectivity index (χ2v) is 4.92. The summed E-state index contributed by atoms with van der Waals surface area (Å²) in [5.74, 6) is -0.957. The first-order valence-corrected chi connectivity index (χ1v) is 6.14. The van der Waals surface area contributed by atoms with Crippen molar-refractivity contribution in [2.45, 2.75) is 32.4 Å². The monoisotopic (exact) mass is 233 g/mol. The van der Waals surface area contributed by atoms with Crippen molar-refractivity contribution in [1.82, 2.24) is 4.90 Å². The molecule has 3 heteroatoms. The van der Waals surface area contributed by atoms with E-state index >= 15 is 0 Å². The van der Waals surface area contributed by atoms with E-state index < -0.39 is 5.97 Å². The van der Waals surface area contributed by atoms with Crippen molar-refractivity contribution in [1.29, 1.82) is 0 Å². The van der Waals surface area contributed by atoms with Gasteiger partial charge in [-0.05, 0) is 32.4 Å². The maximum Gasteiger partial charge on any atom is 0.308 e. The van der Waals surface area contributed by atoms with Crippen LogP contribution in [-0.2, 0) is 4.79 Å². The van der Waals surface area contributed by atoms with E-state index in [-0.39, 0.29) is 12.0 Å². The van der Waals surface area contributed by atoms with Gasteiger partial charge in [0.25, 0.3) is 0 Å².